The highest BCUT2D eigenvalue weighted by molar-refractivity contribution is 14.1. The Kier molecular flexibility index (Phi) is 4.21. The van der Waals surface area contributed by atoms with E-state index < -0.39 is 0 Å². The third kappa shape index (κ3) is 2.82. The second kappa shape index (κ2) is 5.69. The van der Waals surface area contributed by atoms with Crippen molar-refractivity contribution in [1.82, 2.24) is 5.32 Å². The first-order chi connectivity index (χ1) is 8.61. The van der Waals surface area contributed by atoms with E-state index >= 15 is 0 Å². The van der Waals surface area contributed by atoms with E-state index in [2.05, 4.69) is 27.9 Å². The highest BCUT2D eigenvalue weighted by atomic mass is 127. The van der Waals surface area contributed by atoms with Crippen LogP contribution in [0.15, 0.2) is 24.3 Å². The molecule has 1 saturated heterocycles. The average Bonchev–Trinajstić information content (AvgIpc) is 2.33. The normalized spacial score (nSPS) is 19.9. The molecule has 2 rings (SSSR count). The summed E-state index contributed by atoms with van der Waals surface area (Å²) in [5.74, 6) is -0.106. The van der Waals surface area contributed by atoms with E-state index in [0.29, 0.717) is 6.42 Å². The first-order valence-electron chi connectivity index (χ1n) is 5.98. The van der Waals surface area contributed by atoms with Crippen LogP contribution < -0.4 is 10.2 Å². The van der Waals surface area contributed by atoms with Crippen LogP contribution in [0.5, 0.6) is 0 Å². The Morgan fingerprint density at radius 1 is 1.44 bits per heavy atom. The molecule has 2 amide bonds. The molecule has 1 aromatic rings. The van der Waals surface area contributed by atoms with Gasteiger partial charge >= 0.3 is 0 Å². The topological polar surface area (TPSA) is 49.4 Å². The van der Waals surface area contributed by atoms with Crippen LogP contribution in [-0.2, 0) is 9.59 Å². The van der Waals surface area contributed by atoms with Crippen LogP contribution in [0.25, 0.3) is 0 Å². The van der Waals surface area contributed by atoms with E-state index in [4.69, 9.17) is 0 Å². The number of hydrogen-bond donors (Lipinski definition) is 1. The largest absolute Gasteiger partial charge is 0.343 e. The highest BCUT2D eigenvalue weighted by Gasteiger charge is 2.32. The van der Waals surface area contributed by atoms with Crippen molar-refractivity contribution in [3.05, 3.63) is 27.8 Å². The number of nitrogens with one attached hydrogen (secondary N) is 1. The second-order valence-electron chi connectivity index (χ2n) is 4.31. The zero-order chi connectivity index (χ0) is 13.1. The van der Waals surface area contributed by atoms with Gasteiger partial charge in [-0.1, -0.05) is 19.4 Å². The number of piperazine rings is 1. The van der Waals surface area contributed by atoms with Gasteiger partial charge in [0.2, 0.25) is 11.8 Å². The van der Waals surface area contributed by atoms with Gasteiger partial charge in [-0.2, -0.15) is 0 Å². The zero-order valence-corrected chi connectivity index (χ0v) is 12.3. The summed E-state index contributed by atoms with van der Waals surface area (Å²) < 4.78 is 1.05. The maximum absolute atomic E-state index is 12.3. The zero-order valence-electron chi connectivity index (χ0n) is 10.1. The van der Waals surface area contributed by atoms with Crippen LogP contribution >= 0.6 is 22.6 Å². The third-order valence-electron chi connectivity index (χ3n) is 2.90. The summed E-state index contributed by atoms with van der Waals surface area (Å²) in [5, 5.41) is 2.75. The molecule has 1 aliphatic rings. The molecule has 1 atom stereocenters. The van der Waals surface area contributed by atoms with E-state index in [1.54, 1.807) is 4.90 Å². The van der Waals surface area contributed by atoms with Crippen molar-refractivity contribution in [3.8, 4) is 0 Å². The molecule has 18 heavy (non-hydrogen) atoms. The Balaban J connectivity index is 2.26. The Morgan fingerprint density at radius 2 is 2.22 bits per heavy atom. The maximum atomic E-state index is 12.3. The molecule has 0 saturated carbocycles. The molecule has 0 radical (unpaired) electrons. The summed E-state index contributed by atoms with van der Waals surface area (Å²) in [6.07, 6.45) is 1.56. The van der Waals surface area contributed by atoms with E-state index in [1.165, 1.54) is 0 Å². The average molecular weight is 358 g/mol. The summed E-state index contributed by atoms with van der Waals surface area (Å²) >= 11 is 2.20. The molecule has 96 valence electrons. The van der Waals surface area contributed by atoms with Gasteiger partial charge in [0.25, 0.3) is 0 Å². The summed E-state index contributed by atoms with van der Waals surface area (Å²) in [5.41, 5.74) is 0.794. The summed E-state index contributed by atoms with van der Waals surface area (Å²) in [6.45, 7) is 2.11. The Morgan fingerprint density at radius 3 is 2.89 bits per heavy atom. The van der Waals surface area contributed by atoms with Gasteiger partial charge in [-0.05, 0) is 47.2 Å². The quantitative estimate of drug-likeness (QED) is 0.840. The lowest BCUT2D eigenvalue weighted by molar-refractivity contribution is -0.131. The Bertz CT molecular complexity index is 476. The molecule has 1 fully saturated rings. The van der Waals surface area contributed by atoms with E-state index in [-0.39, 0.29) is 24.4 Å². The van der Waals surface area contributed by atoms with Crippen LogP contribution in [0.3, 0.4) is 0 Å². The number of carbonyl (C=O) groups is 2. The van der Waals surface area contributed by atoms with Crippen molar-refractivity contribution in [1.29, 1.82) is 0 Å². The van der Waals surface area contributed by atoms with E-state index in [0.717, 1.165) is 15.7 Å². The molecule has 0 bridgehead atoms. The smallest absolute Gasteiger partial charge is 0.250 e. The number of halogens is 1. The highest BCUT2D eigenvalue weighted by Crippen LogP contribution is 2.20. The van der Waals surface area contributed by atoms with Crippen LogP contribution in [-0.4, -0.2) is 24.4 Å². The fourth-order valence-corrected chi connectivity index (χ4v) is 2.58. The number of benzene rings is 1. The van der Waals surface area contributed by atoms with Gasteiger partial charge < -0.3 is 10.2 Å². The predicted octanol–water partition coefficient (Wildman–Crippen LogP) is 1.92. The number of nitrogens with zero attached hydrogens (tertiary/aromatic N) is 1. The van der Waals surface area contributed by atoms with Crippen molar-refractivity contribution in [3.63, 3.8) is 0 Å². The fraction of sp³-hybridized carbons (Fsp3) is 0.385. The molecule has 1 aliphatic heterocycles. The molecule has 1 aromatic carbocycles. The van der Waals surface area contributed by atoms with Gasteiger partial charge in [0.05, 0.1) is 0 Å². The number of rotatable bonds is 3. The summed E-state index contributed by atoms with van der Waals surface area (Å²) in [7, 11) is 0. The molecular weight excluding hydrogens is 343 g/mol. The SMILES string of the molecule is CCCC1NC(=O)CN(c2cccc(I)c2)C1=O. The van der Waals surface area contributed by atoms with Gasteiger partial charge in [-0.3, -0.25) is 9.59 Å². The lowest BCUT2D eigenvalue weighted by atomic mass is 10.1. The minimum atomic E-state index is -0.380. The van der Waals surface area contributed by atoms with Crippen molar-refractivity contribution in [2.75, 3.05) is 11.4 Å². The van der Waals surface area contributed by atoms with Gasteiger partial charge in [-0.25, -0.2) is 0 Å². The van der Waals surface area contributed by atoms with Crippen molar-refractivity contribution in [2.24, 2.45) is 0 Å². The molecule has 1 heterocycles. The predicted molar refractivity (Wildman–Crippen MR) is 78.4 cm³/mol. The monoisotopic (exact) mass is 358 g/mol. The standard InChI is InChI=1S/C13H15IN2O2/c1-2-4-11-13(18)16(8-12(17)15-11)10-6-3-5-9(14)7-10/h3,5-7,11H,2,4,8H2,1H3,(H,15,17). The van der Waals surface area contributed by atoms with Crippen LogP contribution in [0.2, 0.25) is 0 Å². The van der Waals surface area contributed by atoms with Gasteiger partial charge in [0.15, 0.2) is 0 Å². The molecule has 0 aliphatic carbocycles. The molecule has 0 spiro atoms. The lowest BCUT2D eigenvalue weighted by Crippen LogP contribution is -2.58. The number of hydrogen-bond acceptors (Lipinski definition) is 2. The minimum Gasteiger partial charge on any atom is -0.343 e. The molecule has 0 aromatic heterocycles. The second-order valence-corrected chi connectivity index (χ2v) is 5.56. The summed E-state index contributed by atoms with van der Waals surface area (Å²) in [6, 6.07) is 7.25. The number of carbonyl (C=O) groups excluding carboxylic acids is 2. The van der Waals surface area contributed by atoms with Crippen molar-refractivity contribution < 1.29 is 9.59 Å². The van der Waals surface area contributed by atoms with Crippen molar-refractivity contribution in [2.45, 2.75) is 25.8 Å². The first-order valence-corrected chi connectivity index (χ1v) is 7.06. The Labute approximate surface area is 120 Å². The van der Waals surface area contributed by atoms with E-state index in [9.17, 15) is 9.59 Å². The molecule has 4 nitrogen and oxygen atoms in total. The van der Waals surface area contributed by atoms with E-state index in [1.807, 2.05) is 31.2 Å². The molecule has 1 unspecified atom stereocenters. The molecular formula is C13H15IN2O2. The third-order valence-corrected chi connectivity index (χ3v) is 3.57. The molecule has 5 heteroatoms. The van der Waals surface area contributed by atoms with Crippen molar-refractivity contribution >= 4 is 40.1 Å². The first kappa shape index (κ1) is 13.3. The maximum Gasteiger partial charge on any atom is 0.250 e. The number of anilines is 1. The van der Waals surface area contributed by atoms with Crippen LogP contribution in [0.1, 0.15) is 19.8 Å². The minimum absolute atomic E-state index is 0.0153. The van der Waals surface area contributed by atoms with Gasteiger partial charge in [0.1, 0.15) is 12.6 Å². The molecule has 1 N–H and O–H groups in total. The van der Waals surface area contributed by atoms with Crippen LogP contribution in [0.4, 0.5) is 5.69 Å². The summed E-state index contributed by atoms with van der Waals surface area (Å²) in [4.78, 5) is 25.5. The lowest BCUT2D eigenvalue weighted by Gasteiger charge is -2.32. The number of amides is 2. The fourth-order valence-electron chi connectivity index (χ4n) is 2.06. The van der Waals surface area contributed by atoms with Gasteiger partial charge in [-0.15, -0.1) is 0 Å². The van der Waals surface area contributed by atoms with Crippen LogP contribution in [0, 0.1) is 3.57 Å². The Hall–Kier alpha value is -1.11. The van der Waals surface area contributed by atoms with Gasteiger partial charge in [0, 0.05) is 9.26 Å².